The van der Waals surface area contributed by atoms with Crippen LogP contribution >= 0.6 is 0 Å². The number of nitrogen functional groups attached to an aromatic ring is 1. The number of anilines is 1. The van der Waals surface area contributed by atoms with Gasteiger partial charge < -0.3 is 15.0 Å². The number of hydrogen-bond donors (Lipinski definition) is 1. The number of nitrogens with zero attached hydrogens (tertiary/aromatic N) is 2. The van der Waals surface area contributed by atoms with Gasteiger partial charge in [-0.25, -0.2) is 0 Å². The molecule has 112 valence electrons. The Balaban J connectivity index is 1.91. The number of hydrogen-bond acceptors (Lipinski definition) is 5. The second kappa shape index (κ2) is 4.84. The van der Waals surface area contributed by atoms with Crippen LogP contribution in [0.2, 0.25) is 0 Å². The van der Waals surface area contributed by atoms with Crippen LogP contribution in [0.4, 0.5) is 5.69 Å². The van der Waals surface area contributed by atoms with E-state index in [1.807, 2.05) is 45.0 Å². The summed E-state index contributed by atoms with van der Waals surface area (Å²) >= 11 is 0. The molecule has 0 bridgehead atoms. The van der Waals surface area contributed by atoms with E-state index in [1.165, 1.54) is 5.56 Å². The van der Waals surface area contributed by atoms with Gasteiger partial charge in [0, 0.05) is 12.3 Å². The van der Waals surface area contributed by atoms with Gasteiger partial charge in [-0.05, 0) is 51.3 Å². The first-order chi connectivity index (χ1) is 9.98. The Bertz CT molecular complexity index is 627. The molecule has 1 aliphatic rings. The van der Waals surface area contributed by atoms with Gasteiger partial charge in [-0.15, -0.1) is 0 Å². The minimum absolute atomic E-state index is 0.138. The van der Waals surface area contributed by atoms with Gasteiger partial charge in [0.15, 0.2) is 0 Å². The predicted molar refractivity (Wildman–Crippen MR) is 79.8 cm³/mol. The smallest absolute Gasteiger partial charge is 0.237 e. The molecule has 0 amide bonds. The van der Waals surface area contributed by atoms with E-state index in [-0.39, 0.29) is 5.41 Å². The second-order valence-electron chi connectivity index (χ2n) is 6.07. The predicted octanol–water partition coefficient (Wildman–Crippen LogP) is 3.00. The third-order valence-corrected chi connectivity index (χ3v) is 4.09. The van der Waals surface area contributed by atoms with Gasteiger partial charge in [0.25, 0.3) is 0 Å². The summed E-state index contributed by atoms with van der Waals surface area (Å²) < 4.78 is 11.2. The van der Waals surface area contributed by atoms with E-state index in [9.17, 15) is 0 Å². The third-order valence-electron chi connectivity index (χ3n) is 4.09. The normalized spacial score (nSPS) is 16.9. The topological polar surface area (TPSA) is 74.2 Å². The standard InChI is InChI=1S/C16H21N3O2/c1-4-20-15(2,3)13-18-14(21-19-13)16(9-10-16)11-5-7-12(17)8-6-11/h5-8H,4,9-10,17H2,1-3H3. The van der Waals surface area contributed by atoms with Crippen LogP contribution in [-0.4, -0.2) is 16.7 Å². The molecule has 5 heteroatoms. The zero-order valence-electron chi connectivity index (χ0n) is 12.7. The Kier molecular flexibility index (Phi) is 3.24. The lowest BCUT2D eigenvalue weighted by atomic mass is 9.95. The molecule has 1 fully saturated rings. The summed E-state index contributed by atoms with van der Waals surface area (Å²) in [6, 6.07) is 7.91. The van der Waals surface area contributed by atoms with Crippen molar-refractivity contribution < 1.29 is 9.26 Å². The highest BCUT2D eigenvalue weighted by atomic mass is 16.5. The fourth-order valence-electron chi connectivity index (χ4n) is 2.64. The van der Waals surface area contributed by atoms with Gasteiger partial charge >= 0.3 is 0 Å². The summed E-state index contributed by atoms with van der Waals surface area (Å²) in [4.78, 5) is 4.60. The molecule has 0 radical (unpaired) electrons. The van der Waals surface area contributed by atoms with E-state index in [0.29, 0.717) is 18.3 Å². The van der Waals surface area contributed by atoms with Crippen LogP contribution in [-0.2, 0) is 15.8 Å². The van der Waals surface area contributed by atoms with E-state index >= 15 is 0 Å². The monoisotopic (exact) mass is 287 g/mol. The molecule has 0 atom stereocenters. The lowest BCUT2D eigenvalue weighted by Crippen LogP contribution is -2.23. The van der Waals surface area contributed by atoms with Crippen molar-refractivity contribution in [1.29, 1.82) is 0 Å². The molecule has 0 spiro atoms. The highest BCUT2D eigenvalue weighted by molar-refractivity contribution is 5.46. The molecular formula is C16H21N3O2. The summed E-state index contributed by atoms with van der Waals surface area (Å²) in [5.74, 6) is 1.27. The molecule has 0 aliphatic heterocycles. The quantitative estimate of drug-likeness (QED) is 0.856. The van der Waals surface area contributed by atoms with Crippen LogP contribution in [0.15, 0.2) is 28.8 Å². The summed E-state index contributed by atoms with van der Waals surface area (Å²) in [6.45, 7) is 6.47. The Morgan fingerprint density at radius 3 is 2.52 bits per heavy atom. The van der Waals surface area contributed by atoms with E-state index in [1.54, 1.807) is 0 Å². The molecular weight excluding hydrogens is 266 g/mol. The molecule has 0 saturated heterocycles. The van der Waals surface area contributed by atoms with Crippen LogP contribution in [0.5, 0.6) is 0 Å². The highest BCUT2D eigenvalue weighted by Crippen LogP contribution is 2.53. The molecule has 1 aliphatic carbocycles. The van der Waals surface area contributed by atoms with Gasteiger partial charge in [0.2, 0.25) is 11.7 Å². The molecule has 5 nitrogen and oxygen atoms in total. The molecule has 21 heavy (non-hydrogen) atoms. The lowest BCUT2D eigenvalue weighted by Gasteiger charge is -2.19. The van der Waals surface area contributed by atoms with Gasteiger partial charge in [-0.2, -0.15) is 4.98 Å². The van der Waals surface area contributed by atoms with E-state index < -0.39 is 5.60 Å². The molecule has 3 rings (SSSR count). The third kappa shape index (κ3) is 2.42. The lowest BCUT2D eigenvalue weighted by molar-refractivity contribution is -0.0221. The average Bonchev–Trinajstić information content (AvgIpc) is 3.08. The molecule has 1 aromatic heterocycles. The number of rotatable bonds is 5. The molecule has 0 unspecified atom stereocenters. The van der Waals surface area contributed by atoms with E-state index in [2.05, 4.69) is 10.1 Å². The molecule has 2 aromatic rings. The minimum atomic E-state index is -0.534. The number of nitrogens with two attached hydrogens (primary N) is 1. The SMILES string of the molecule is CCOC(C)(C)c1noc(C2(c3ccc(N)cc3)CC2)n1. The summed E-state index contributed by atoms with van der Waals surface area (Å²) in [5, 5.41) is 4.12. The maximum Gasteiger partial charge on any atom is 0.237 e. The Hall–Kier alpha value is -1.88. The van der Waals surface area contributed by atoms with Crippen molar-refractivity contribution in [3.05, 3.63) is 41.5 Å². The van der Waals surface area contributed by atoms with Crippen molar-refractivity contribution in [2.45, 2.75) is 44.6 Å². The molecule has 1 saturated carbocycles. The first-order valence-corrected chi connectivity index (χ1v) is 7.32. The van der Waals surface area contributed by atoms with Crippen molar-refractivity contribution in [3.8, 4) is 0 Å². The largest absolute Gasteiger partial charge is 0.399 e. The van der Waals surface area contributed by atoms with Gasteiger partial charge in [-0.1, -0.05) is 17.3 Å². The Labute approximate surface area is 124 Å². The van der Waals surface area contributed by atoms with Crippen LogP contribution in [0.3, 0.4) is 0 Å². The van der Waals surface area contributed by atoms with Gasteiger partial charge in [0.05, 0.1) is 5.41 Å². The van der Waals surface area contributed by atoms with Crippen LogP contribution < -0.4 is 5.73 Å². The second-order valence-corrected chi connectivity index (χ2v) is 6.07. The molecule has 1 heterocycles. The Morgan fingerprint density at radius 2 is 1.95 bits per heavy atom. The van der Waals surface area contributed by atoms with Gasteiger partial charge in [-0.3, -0.25) is 0 Å². The maximum absolute atomic E-state index is 5.76. The zero-order chi connectivity index (χ0) is 15.1. The molecule has 2 N–H and O–H groups in total. The summed E-state index contributed by atoms with van der Waals surface area (Å²) in [7, 11) is 0. The Morgan fingerprint density at radius 1 is 1.29 bits per heavy atom. The van der Waals surface area contributed by atoms with E-state index in [4.69, 9.17) is 15.0 Å². The summed E-state index contributed by atoms with van der Waals surface area (Å²) in [6.07, 6.45) is 2.04. The first-order valence-electron chi connectivity index (χ1n) is 7.32. The number of ether oxygens (including phenoxy) is 1. The number of aromatic nitrogens is 2. The first kappa shape index (κ1) is 14.1. The van der Waals surface area contributed by atoms with Crippen molar-refractivity contribution >= 4 is 5.69 Å². The average molecular weight is 287 g/mol. The van der Waals surface area contributed by atoms with Crippen molar-refractivity contribution in [2.24, 2.45) is 0 Å². The van der Waals surface area contributed by atoms with Crippen LogP contribution in [0.1, 0.15) is 50.9 Å². The van der Waals surface area contributed by atoms with Crippen molar-refractivity contribution in [2.75, 3.05) is 12.3 Å². The van der Waals surface area contributed by atoms with E-state index in [0.717, 1.165) is 18.5 Å². The molecule has 1 aromatic carbocycles. The van der Waals surface area contributed by atoms with Crippen molar-refractivity contribution in [3.63, 3.8) is 0 Å². The van der Waals surface area contributed by atoms with Crippen LogP contribution in [0, 0.1) is 0 Å². The summed E-state index contributed by atoms with van der Waals surface area (Å²) in [5.41, 5.74) is 7.03. The number of benzene rings is 1. The highest BCUT2D eigenvalue weighted by Gasteiger charge is 2.51. The minimum Gasteiger partial charge on any atom is -0.399 e. The maximum atomic E-state index is 5.76. The van der Waals surface area contributed by atoms with Crippen molar-refractivity contribution in [1.82, 2.24) is 10.1 Å². The fourth-order valence-corrected chi connectivity index (χ4v) is 2.64. The van der Waals surface area contributed by atoms with Crippen LogP contribution in [0.25, 0.3) is 0 Å². The van der Waals surface area contributed by atoms with Gasteiger partial charge in [0.1, 0.15) is 5.60 Å². The zero-order valence-corrected chi connectivity index (χ0v) is 12.7. The fraction of sp³-hybridized carbons (Fsp3) is 0.500.